The molecule has 1 unspecified atom stereocenters. The number of carbonyl (C=O) groups is 3. The van der Waals surface area contributed by atoms with Gasteiger partial charge < -0.3 is 4.90 Å². The second kappa shape index (κ2) is 8.27. The summed E-state index contributed by atoms with van der Waals surface area (Å²) < 4.78 is 43.5. The van der Waals surface area contributed by atoms with Gasteiger partial charge in [-0.25, -0.2) is 12.8 Å². The summed E-state index contributed by atoms with van der Waals surface area (Å²) in [5.74, 6) is -2.01. The Kier molecular flexibility index (Phi) is 5.52. The zero-order valence-electron chi connectivity index (χ0n) is 18.5. The van der Waals surface area contributed by atoms with Gasteiger partial charge in [-0.15, -0.1) is 0 Å². The molecule has 3 amide bonds. The molecule has 0 bridgehead atoms. The van der Waals surface area contributed by atoms with Gasteiger partial charge in [0.15, 0.2) is 5.03 Å². The van der Waals surface area contributed by atoms with Crippen LogP contribution in [0.15, 0.2) is 29.4 Å². The van der Waals surface area contributed by atoms with Crippen molar-refractivity contribution in [3.8, 4) is 0 Å². The summed E-state index contributed by atoms with van der Waals surface area (Å²) in [7, 11) is -2.06. The van der Waals surface area contributed by atoms with Crippen LogP contribution in [0, 0.1) is 5.82 Å². The largest absolute Gasteiger partial charge is 0.322 e. The lowest BCUT2D eigenvalue weighted by Crippen LogP contribution is -2.52. The smallest absolute Gasteiger partial charge is 0.262 e. The molecular weight excluding hydrogens is 465 g/mol. The highest BCUT2D eigenvalue weighted by molar-refractivity contribution is 7.89. The van der Waals surface area contributed by atoms with Gasteiger partial charge in [0.05, 0.1) is 0 Å². The molecular formula is C22H24FN5O5S. The topological polar surface area (TPSA) is 122 Å². The van der Waals surface area contributed by atoms with E-state index in [1.807, 2.05) is 0 Å². The molecule has 12 heteroatoms. The van der Waals surface area contributed by atoms with Crippen LogP contribution in [0.1, 0.15) is 53.1 Å². The summed E-state index contributed by atoms with van der Waals surface area (Å²) in [4.78, 5) is 37.9. The van der Waals surface area contributed by atoms with Crippen molar-refractivity contribution in [1.29, 1.82) is 0 Å². The summed E-state index contributed by atoms with van der Waals surface area (Å²) in [5, 5.41) is 6.24. The fourth-order valence-electron chi connectivity index (χ4n) is 4.99. The first-order valence-electron chi connectivity index (χ1n) is 11.1. The molecule has 1 atom stereocenters. The first-order chi connectivity index (χ1) is 16.1. The Balaban J connectivity index is 1.31. The van der Waals surface area contributed by atoms with E-state index in [-0.39, 0.29) is 54.9 Å². The lowest BCUT2D eigenvalue weighted by molar-refractivity contribution is -0.136. The number of aromatic nitrogens is 2. The van der Waals surface area contributed by atoms with Crippen LogP contribution >= 0.6 is 0 Å². The molecule has 4 heterocycles. The first kappa shape index (κ1) is 22.7. The predicted molar refractivity (Wildman–Crippen MR) is 116 cm³/mol. The molecule has 0 radical (unpaired) electrons. The number of hydrogen-bond donors (Lipinski definition) is 1. The van der Waals surface area contributed by atoms with E-state index in [2.05, 4.69) is 10.4 Å². The molecule has 10 nitrogen and oxygen atoms in total. The number of nitrogens with zero attached hydrogens (tertiary/aromatic N) is 4. The number of hydrogen-bond acceptors (Lipinski definition) is 6. The van der Waals surface area contributed by atoms with Crippen LogP contribution in [-0.4, -0.2) is 64.3 Å². The van der Waals surface area contributed by atoms with Crippen LogP contribution < -0.4 is 5.32 Å². The highest BCUT2D eigenvalue weighted by Gasteiger charge is 2.40. The maximum absolute atomic E-state index is 15.1. The van der Waals surface area contributed by atoms with E-state index < -0.39 is 33.7 Å². The van der Waals surface area contributed by atoms with E-state index in [0.717, 1.165) is 0 Å². The summed E-state index contributed by atoms with van der Waals surface area (Å²) in [5.41, 5.74) is 1.31. The second-order valence-electron chi connectivity index (χ2n) is 8.94. The Morgan fingerprint density at radius 2 is 1.85 bits per heavy atom. The Morgan fingerprint density at radius 1 is 1.12 bits per heavy atom. The molecule has 34 heavy (non-hydrogen) atoms. The van der Waals surface area contributed by atoms with Gasteiger partial charge in [-0.1, -0.05) is 6.07 Å². The van der Waals surface area contributed by atoms with Gasteiger partial charge in [0.2, 0.25) is 11.8 Å². The third-order valence-electron chi connectivity index (χ3n) is 6.83. The van der Waals surface area contributed by atoms with E-state index in [4.69, 9.17) is 0 Å². The van der Waals surface area contributed by atoms with Gasteiger partial charge >= 0.3 is 0 Å². The van der Waals surface area contributed by atoms with Crippen molar-refractivity contribution in [2.24, 2.45) is 7.05 Å². The predicted octanol–water partition coefficient (Wildman–Crippen LogP) is 0.889. The maximum Gasteiger partial charge on any atom is 0.262 e. The number of imide groups is 1. The number of fused-ring (bicyclic) bond motifs is 1. The number of carbonyl (C=O) groups excluding carboxylic acids is 3. The third-order valence-corrected chi connectivity index (χ3v) is 8.62. The molecule has 3 aliphatic heterocycles. The van der Waals surface area contributed by atoms with Gasteiger partial charge in [-0.2, -0.15) is 9.40 Å². The van der Waals surface area contributed by atoms with Crippen LogP contribution in [-0.2, 0) is 33.2 Å². The maximum atomic E-state index is 15.1. The Morgan fingerprint density at radius 3 is 2.50 bits per heavy atom. The fourth-order valence-corrected chi connectivity index (χ4v) is 6.41. The molecule has 1 aromatic heterocycles. The van der Waals surface area contributed by atoms with Crippen LogP contribution in [0.25, 0.3) is 0 Å². The van der Waals surface area contributed by atoms with Gasteiger partial charge in [-0.3, -0.25) is 24.4 Å². The lowest BCUT2D eigenvalue weighted by atomic mass is 9.88. The minimum Gasteiger partial charge on any atom is -0.322 e. The number of benzene rings is 1. The minimum atomic E-state index is -3.71. The van der Waals surface area contributed by atoms with Crippen molar-refractivity contribution in [3.63, 3.8) is 0 Å². The van der Waals surface area contributed by atoms with Gasteiger partial charge in [-0.05, 0) is 48.4 Å². The summed E-state index contributed by atoms with van der Waals surface area (Å²) in [6, 6.07) is 3.58. The number of amides is 3. The number of halogens is 1. The molecule has 1 N–H and O–H groups in total. The summed E-state index contributed by atoms with van der Waals surface area (Å²) in [6.45, 7) is 0.642. The molecule has 180 valence electrons. The van der Waals surface area contributed by atoms with Crippen LogP contribution in [0.4, 0.5) is 4.39 Å². The number of piperidine rings is 2. The zero-order chi connectivity index (χ0) is 24.2. The molecule has 3 aliphatic rings. The Bertz CT molecular complexity index is 1300. The summed E-state index contributed by atoms with van der Waals surface area (Å²) >= 11 is 0. The molecule has 2 fully saturated rings. The fraction of sp³-hybridized carbons (Fsp3) is 0.455. The monoisotopic (exact) mass is 489 g/mol. The molecule has 5 rings (SSSR count). The third kappa shape index (κ3) is 3.80. The van der Waals surface area contributed by atoms with E-state index >= 15 is 4.39 Å². The SMILES string of the molecule is Cn1ccc(S(=O)(=O)N2CCC(c3cc4c(cc3F)C(=O)N(C3CCC(=O)NC3=O)C4)CC2)n1. The van der Waals surface area contributed by atoms with Gasteiger partial charge in [0, 0.05) is 44.9 Å². The van der Waals surface area contributed by atoms with Crippen LogP contribution in [0.3, 0.4) is 0 Å². The zero-order valence-corrected chi connectivity index (χ0v) is 19.3. The van der Waals surface area contributed by atoms with Crippen molar-refractivity contribution in [1.82, 2.24) is 24.3 Å². The summed E-state index contributed by atoms with van der Waals surface area (Å²) in [6.07, 6.45) is 2.83. The van der Waals surface area contributed by atoms with E-state index in [1.54, 1.807) is 19.3 Å². The standard InChI is InChI=1S/C22H24FN5O5S/c1-26-7-6-20(25-26)34(32,33)27-8-4-13(5-9-27)15-10-14-12-28(22(31)16(14)11-17(15)23)18-2-3-19(29)24-21(18)30/h6-7,10-11,13,18H,2-5,8-9,12H2,1H3,(H,24,29,30). The van der Waals surface area contributed by atoms with Crippen LogP contribution in [0.5, 0.6) is 0 Å². The number of aryl methyl sites for hydroxylation is 1. The Labute approximate surface area is 195 Å². The highest BCUT2D eigenvalue weighted by atomic mass is 32.2. The lowest BCUT2D eigenvalue weighted by Gasteiger charge is -2.31. The molecule has 0 spiro atoms. The normalized spacial score (nSPS) is 22.2. The van der Waals surface area contributed by atoms with Crippen molar-refractivity contribution in [2.45, 2.75) is 49.2 Å². The van der Waals surface area contributed by atoms with Crippen molar-refractivity contribution >= 4 is 27.7 Å². The molecule has 2 aromatic rings. The van der Waals surface area contributed by atoms with Crippen molar-refractivity contribution < 1.29 is 27.2 Å². The second-order valence-corrected chi connectivity index (χ2v) is 10.8. The number of rotatable bonds is 4. The number of sulfonamides is 1. The molecule has 0 aliphatic carbocycles. The van der Waals surface area contributed by atoms with Gasteiger partial charge in [0.25, 0.3) is 15.9 Å². The quantitative estimate of drug-likeness (QED) is 0.637. The van der Waals surface area contributed by atoms with E-state index in [9.17, 15) is 22.8 Å². The van der Waals surface area contributed by atoms with Crippen LogP contribution in [0.2, 0.25) is 0 Å². The minimum absolute atomic E-state index is 0.00999. The Hall–Kier alpha value is -3.12. The van der Waals surface area contributed by atoms with Crippen molar-refractivity contribution in [2.75, 3.05) is 13.1 Å². The van der Waals surface area contributed by atoms with E-state index in [1.165, 1.54) is 26.0 Å². The van der Waals surface area contributed by atoms with Gasteiger partial charge in [0.1, 0.15) is 11.9 Å². The first-order valence-corrected chi connectivity index (χ1v) is 12.6. The van der Waals surface area contributed by atoms with Crippen molar-refractivity contribution in [3.05, 3.63) is 46.9 Å². The molecule has 2 saturated heterocycles. The highest BCUT2D eigenvalue weighted by Crippen LogP contribution is 2.36. The number of nitrogens with one attached hydrogen (secondary N) is 1. The molecule has 0 saturated carbocycles. The average molecular weight is 490 g/mol. The van der Waals surface area contributed by atoms with E-state index in [0.29, 0.717) is 24.0 Å². The molecule has 1 aromatic carbocycles. The average Bonchev–Trinajstić information content (AvgIpc) is 3.37.